The standard InChI is InChI=1S/C44H36F2/c1-28(2)42-41(39(31-19-23-33(45)24-20-31)32-21-25-34(46)26-22-32)38-27-37(29-13-7-5-8-14-29)35-17-11-12-18-36(35)40(43(38)44(42,3)4)30-15-9-6-10-16-30/h5-27,38H,1-4H3. The lowest BCUT2D eigenvalue weighted by Gasteiger charge is -2.28. The molecule has 5 aromatic carbocycles. The molecule has 0 bridgehead atoms. The minimum atomic E-state index is -0.370. The van der Waals surface area contributed by atoms with Crippen LogP contribution in [0.4, 0.5) is 8.78 Å². The van der Waals surface area contributed by atoms with Crippen LogP contribution in [-0.2, 0) is 0 Å². The second-order valence-corrected chi connectivity index (χ2v) is 12.9. The smallest absolute Gasteiger partial charge is 0.123 e. The maximum Gasteiger partial charge on any atom is 0.123 e. The van der Waals surface area contributed by atoms with E-state index in [2.05, 4.69) is 119 Å². The van der Waals surface area contributed by atoms with Gasteiger partial charge in [0.1, 0.15) is 11.6 Å². The highest BCUT2D eigenvalue weighted by molar-refractivity contribution is 5.99. The molecule has 1 fully saturated rings. The molecule has 0 N–H and O–H groups in total. The Kier molecular flexibility index (Phi) is 7.53. The molecular formula is C44H36F2. The van der Waals surface area contributed by atoms with E-state index in [1.165, 1.54) is 74.4 Å². The molecule has 0 aromatic heterocycles. The van der Waals surface area contributed by atoms with Crippen molar-refractivity contribution in [2.75, 3.05) is 0 Å². The van der Waals surface area contributed by atoms with Crippen LogP contribution in [0, 0.1) is 23.0 Å². The topological polar surface area (TPSA) is 0 Å². The van der Waals surface area contributed by atoms with E-state index < -0.39 is 0 Å². The molecule has 0 amide bonds. The van der Waals surface area contributed by atoms with Crippen LogP contribution >= 0.6 is 0 Å². The average molecular weight is 603 g/mol. The zero-order valence-electron chi connectivity index (χ0n) is 26.6. The van der Waals surface area contributed by atoms with E-state index in [9.17, 15) is 8.78 Å². The zero-order chi connectivity index (χ0) is 32.0. The fourth-order valence-electron chi connectivity index (χ4n) is 7.80. The van der Waals surface area contributed by atoms with Crippen LogP contribution < -0.4 is 0 Å². The summed E-state index contributed by atoms with van der Waals surface area (Å²) >= 11 is 0. The predicted molar refractivity (Wildman–Crippen MR) is 187 cm³/mol. The summed E-state index contributed by atoms with van der Waals surface area (Å²) < 4.78 is 28.7. The molecule has 1 unspecified atom stereocenters. The van der Waals surface area contributed by atoms with Crippen molar-refractivity contribution in [2.45, 2.75) is 27.7 Å². The van der Waals surface area contributed by atoms with Gasteiger partial charge >= 0.3 is 0 Å². The minimum absolute atomic E-state index is 0.122. The Balaban J connectivity index is 1.70. The van der Waals surface area contributed by atoms with Crippen molar-refractivity contribution >= 4 is 16.7 Å². The Morgan fingerprint density at radius 1 is 0.565 bits per heavy atom. The first-order valence-corrected chi connectivity index (χ1v) is 15.9. The number of rotatable bonds is 4. The zero-order valence-corrected chi connectivity index (χ0v) is 26.6. The highest BCUT2D eigenvalue weighted by Crippen LogP contribution is 2.62. The molecule has 7 rings (SSSR count). The van der Waals surface area contributed by atoms with Gasteiger partial charge in [0, 0.05) is 11.3 Å². The van der Waals surface area contributed by atoms with Gasteiger partial charge in [-0.15, -0.1) is 0 Å². The maximum atomic E-state index is 14.4. The summed E-state index contributed by atoms with van der Waals surface area (Å²) in [4.78, 5) is 0. The van der Waals surface area contributed by atoms with Crippen LogP contribution in [-0.4, -0.2) is 0 Å². The fourth-order valence-corrected chi connectivity index (χ4v) is 7.80. The van der Waals surface area contributed by atoms with E-state index in [0.29, 0.717) is 0 Å². The Bertz CT molecular complexity index is 2000. The van der Waals surface area contributed by atoms with Crippen LogP contribution in [0.15, 0.2) is 162 Å². The van der Waals surface area contributed by atoms with Gasteiger partial charge in [0.2, 0.25) is 0 Å². The predicted octanol–water partition coefficient (Wildman–Crippen LogP) is 11.7. The molecule has 0 aliphatic heterocycles. The van der Waals surface area contributed by atoms with Gasteiger partial charge in [-0.1, -0.05) is 135 Å². The Labute approximate surface area is 270 Å². The van der Waals surface area contributed by atoms with Crippen molar-refractivity contribution in [1.82, 2.24) is 0 Å². The normalized spacial score (nSPS) is 16.8. The first kappa shape index (κ1) is 29.6. The van der Waals surface area contributed by atoms with Crippen molar-refractivity contribution in [1.29, 1.82) is 0 Å². The highest BCUT2D eigenvalue weighted by atomic mass is 19.1. The molecule has 5 aromatic rings. The monoisotopic (exact) mass is 602 g/mol. The molecule has 0 nitrogen and oxygen atoms in total. The summed E-state index contributed by atoms with van der Waals surface area (Å²) in [6.45, 7) is 9.05. The van der Waals surface area contributed by atoms with Crippen LogP contribution in [0.2, 0.25) is 0 Å². The van der Waals surface area contributed by atoms with E-state index >= 15 is 0 Å². The molecule has 0 radical (unpaired) electrons. The fraction of sp³-hybridized carbons (Fsp3) is 0.136. The molecule has 226 valence electrons. The lowest BCUT2D eigenvalue weighted by atomic mass is 9.75. The first-order chi connectivity index (χ1) is 22.3. The third kappa shape index (κ3) is 4.99. The quantitative estimate of drug-likeness (QED) is 0.192. The van der Waals surface area contributed by atoms with Gasteiger partial charge in [-0.05, 0) is 105 Å². The first-order valence-electron chi connectivity index (χ1n) is 15.9. The summed E-state index contributed by atoms with van der Waals surface area (Å²) in [6, 6.07) is 43.5. The summed E-state index contributed by atoms with van der Waals surface area (Å²) in [5, 5.41) is 0. The van der Waals surface area contributed by atoms with Gasteiger partial charge in [0.05, 0.1) is 0 Å². The highest BCUT2D eigenvalue weighted by Gasteiger charge is 2.48. The summed E-state index contributed by atoms with van der Waals surface area (Å²) in [5.74, 6) is -0.697. The third-order valence-electron chi connectivity index (χ3n) is 9.46. The Morgan fingerprint density at radius 3 is 1.57 bits per heavy atom. The van der Waals surface area contributed by atoms with E-state index in [4.69, 9.17) is 0 Å². The van der Waals surface area contributed by atoms with Crippen molar-refractivity contribution in [3.8, 4) is 0 Å². The summed E-state index contributed by atoms with van der Waals surface area (Å²) in [7, 11) is 0. The molecule has 0 saturated heterocycles. The number of benzene rings is 5. The lowest BCUT2D eigenvalue weighted by molar-refractivity contribution is 0.561. The molecule has 2 aliphatic carbocycles. The largest absolute Gasteiger partial charge is 0.207 e. The molecule has 46 heavy (non-hydrogen) atoms. The number of fused-ring (bicyclic) bond motifs is 2. The van der Waals surface area contributed by atoms with E-state index in [1.54, 1.807) is 0 Å². The van der Waals surface area contributed by atoms with Gasteiger partial charge in [-0.3, -0.25) is 0 Å². The van der Waals surface area contributed by atoms with Crippen LogP contribution in [0.1, 0.15) is 61.1 Å². The average Bonchev–Trinajstić information content (AvgIpc) is 3.18. The van der Waals surface area contributed by atoms with Gasteiger partial charge in [0.15, 0.2) is 0 Å². The molecule has 2 aliphatic rings. The van der Waals surface area contributed by atoms with E-state index in [0.717, 1.165) is 22.3 Å². The van der Waals surface area contributed by atoms with Crippen molar-refractivity contribution < 1.29 is 8.78 Å². The lowest BCUT2D eigenvalue weighted by Crippen LogP contribution is -2.15. The van der Waals surface area contributed by atoms with Crippen molar-refractivity contribution in [2.24, 2.45) is 11.3 Å². The van der Waals surface area contributed by atoms with Crippen molar-refractivity contribution in [3.05, 3.63) is 207 Å². The SMILES string of the molecule is CC(C)=C1C(=C(c2ccc(F)cc2)c2ccc(F)cc2)C2C=C(c3ccccc3)c3ccccc3C(c3ccccc3)=C2C1(C)C. The Morgan fingerprint density at radius 2 is 1.04 bits per heavy atom. The third-order valence-corrected chi connectivity index (χ3v) is 9.46. The summed E-state index contributed by atoms with van der Waals surface area (Å²) in [5.41, 5.74) is 14.5. The molecule has 1 saturated carbocycles. The van der Waals surface area contributed by atoms with E-state index in [-0.39, 0.29) is 23.0 Å². The van der Waals surface area contributed by atoms with Gasteiger partial charge in [-0.25, -0.2) is 8.78 Å². The molecule has 0 heterocycles. The second-order valence-electron chi connectivity index (χ2n) is 12.9. The van der Waals surface area contributed by atoms with Gasteiger partial charge < -0.3 is 0 Å². The van der Waals surface area contributed by atoms with E-state index in [1.807, 2.05) is 24.3 Å². The Hall–Kier alpha value is -5.08. The van der Waals surface area contributed by atoms with Crippen LogP contribution in [0.5, 0.6) is 0 Å². The van der Waals surface area contributed by atoms with Crippen LogP contribution in [0.25, 0.3) is 16.7 Å². The van der Waals surface area contributed by atoms with Crippen molar-refractivity contribution in [3.63, 3.8) is 0 Å². The number of halogens is 2. The summed E-state index contributed by atoms with van der Waals surface area (Å²) in [6.07, 6.45) is 2.44. The molecule has 1 atom stereocenters. The minimum Gasteiger partial charge on any atom is -0.207 e. The van der Waals surface area contributed by atoms with Crippen LogP contribution in [0.3, 0.4) is 0 Å². The number of hydrogen-bond donors (Lipinski definition) is 0. The molecular weight excluding hydrogens is 566 g/mol. The van der Waals surface area contributed by atoms with Gasteiger partial charge in [-0.2, -0.15) is 0 Å². The van der Waals surface area contributed by atoms with Gasteiger partial charge in [0.25, 0.3) is 0 Å². The maximum absolute atomic E-state index is 14.4. The number of allylic oxidation sites excluding steroid dienone is 5. The molecule has 2 heteroatoms. The molecule has 0 spiro atoms. The second kappa shape index (κ2) is 11.7. The number of hydrogen-bond acceptors (Lipinski definition) is 0.